The zero-order valence-electron chi connectivity index (χ0n) is 21.7. The highest BCUT2D eigenvalue weighted by Crippen LogP contribution is 2.31. The summed E-state index contributed by atoms with van der Waals surface area (Å²) in [6.07, 6.45) is 20.4. The van der Waals surface area contributed by atoms with Crippen molar-refractivity contribution in [2.75, 3.05) is 0 Å². The lowest BCUT2D eigenvalue weighted by molar-refractivity contribution is 0.475. The lowest BCUT2D eigenvalue weighted by Gasteiger charge is -2.07. The molecular formula is C30H41Cl2N3O. The molecule has 36 heavy (non-hydrogen) atoms. The van der Waals surface area contributed by atoms with E-state index in [1.807, 2.05) is 18.2 Å². The number of benzene rings is 2. The zero-order valence-corrected chi connectivity index (χ0v) is 23.2. The topological polar surface area (TPSA) is 50.4 Å². The molecule has 0 saturated carbocycles. The van der Waals surface area contributed by atoms with Gasteiger partial charge in [-0.1, -0.05) is 126 Å². The average molecular weight is 531 g/mol. The smallest absolute Gasteiger partial charge is 0.230 e. The minimum absolute atomic E-state index is 0.0283. The van der Waals surface area contributed by atoms with Gasteiger partial charge in [-0.25, -0.2) is 9.98 Å². The van der Waals surface area contributed by atoms with Crippen LogP contribution in [0.15, 0.2) is 41.4 Å². The van der Waals surface area contributed by atoms with Gasteiger partial charge in [0.1, 0.15) is 5.75 Å². The summed E-state index contributed by atoms with van der Waals surface area (Å²) in [4.78, 5) is 9.30. The van der Waals surface area contributed by atoms with Gasteiger partial charge < -0.3 is 9.67 Å². The molecule has 4 nitrogen and oxygen atoms in total. The molecule has 2 aromatic carbocycles. The standard InChI is InChI=1S/C30H41Cl2N3O/c1-2-3-4-5-6-7-8-9-10-11-12-13-14-17-20-35-28-19-16-15-18-27(28)34-30(35)33-23-24-21-25(31)22-26(32)29(24)36/h15-16,18-19,21-23,36H,2-14,17,20H2,1H3/b33-23+. The number of aryl methyl sites for hydroxylation is 1. The van der Waals surface area contributed by atoms with Gasteiger partial charge in [0.25, 0.3) is 0 Å². The molecule has 0 unspecified atom stereocenters. The molecule has 0 aliphatic carbocycles. The Morgan fingerprint density at radius 3 is 2.06 bits per heavy atom. The first kappa shape index (κ1) is 28.5. The fourth-order valence-electron chi connectivity index (χ4n) is 4.66. The largest absolute Gasteiger partial charge is 0.506 e. The molecule has 0 spiro atoms. The van der Waals surface area contributed by atoms with Gasteiger partial charge in [-0.2, -0.15) is 0 Å². The Hall–Kier alpha value is -2.04. The third-order valence-electron chi connectivity index (χ3n) is 6.75. The van der Waals surface area contributed by atoms with Gasteiger partial charge in [-0.05, 0) is 30.7 Å². The SMILES string of the molecule is CCCCCCCCCCCCCCCCn1c(/N=C/c2cc(Cl)cc(Cl)c2O)nc2ccccc21. The van der Waals surface area contributed by atoms with Crippen LogP contribution in [0.4, 0.5) is 5.95 Å². The number of unbranched alkanes of at least 4 members (excludes halogenated alkanes) is 13. The summed E-state index contributed by atoms with van der Waals surface area (Å²) in [5.41, 5.74) is 2.47. The maximum atomic E-state index is 10.2. The fraction of sp³-hybridized carbons (Fsp3) is 0.533. The number of rotatable bonds is 17. The summed E-state index contributed by atoms with van der Waals surface area (Å²) in [6.45, 7) is 3.15. The Morgan fingerprint density at radius 2 is 1.42 bits per heavy atom. The summed E-state index contributed by atoms with van der Waals surface area (Å²) in [7, 11) is 0. The molecule has 6 heteroatoms. The highest BCUT2D eigenvalue weighted by Gasteiger charge is 2.11. The molecule has 3 rings (SSSR count). The Labute approximate surface area is 226 Å². The number of aromatic hydroxyl groups is 1. The van der Waals surface area contributed by atoms with E-state index < -0.39 is 0 Å². The molecule has 0 saturated heterocycles. The number of nitrogens with zero attached hydrogens (tertiary/aromatic N) is 3. The summed E-state index contributed by atoms with van der Waals surface area (Å²) in [6, 6.07) is 11.3. The van der Waals surface area contributed by atoms with Crippen LogP contribution in [0.1, 0.15) is 102 Å². The molecule has 0 aliphatic rings. The predicted octanol–water partition coefficient (Wildman–Crippen LogP) is 10.3. The number of hydrogen-bond acceptors (Lipinski definition) is 3. The zero-order chi connectivity index (χ0) is 25.6. The Kier molecular flexibility index (Phi) is 12.6. The molecule has 0 amide bonds. The molecule has 0 aliphatic heterocycles. The second kappa shape index (κ2) is 15.9. The van der Waals surface area contributed by atoms with Gasteiger partial charge in [0.05, 0.1) is 16.1 Å². The van der Waals surface area contributed by atoms with Crippen LogP contribution in [0.25, 0.3) is 11.0 Å². The number of fused-ring (bicyclic) bond motifs is 1. The van der Waals surface area contributed by atoms with E-state index in [-0.39, 0.29) is 10.8 Å². The second-order valence-electron chi connectivity index (χ2n) is 9.73. The fourth-order valence-corrected chi connectivity index (χ4v) is 5.17. The van der Waals surface area contributed by atoms with E-state index in [1.165, 1.54) is 89.5 Å². The molecular weight excluding hydrogens is 489 g/mol. The Morgan fingerprint density at radius 1 is 0.833 bits per heavy atom. The lowest BCUT2D eigenvalue weighted by Crippen LogP contribution is -1.98. The number of aromatic nitrogens is 2. The number of phenols is 1. The minimum Gasteiger partial charge on any atom is -0.506 e. The van der Waals surface area contributed by atoms with Crippen LogP contribution >= 0.6 is 23.2 Å². The van der Waals surface area contributed by atoms with E-state index in [0.717, 1.165) is 24.0 Å². The number of imidazole rings is 1. The number of phenolic OH excluding ortho intramolecular Hbond substituents is 1. The van der Waals surface area contributed by atoms with Crippen molar-refractivity contribution in [3.63, 3.8) is 0 Å². The first-order valence-corrected chi connectivity index (χ1v) is 14.5. The average Bonchev–Trinajstić information content (AvgIpc) is 3.23. The third kappa shape index (κ3) is 9.12. The van der Waals surface area contributed by atoms with E-state index >= 15 is 0 Å². The summed E-state index contributed by atoms with van der Waals surface area (Å²) < 4.78 is 2.16. The molecule has 1 aromatic heterocycles. The predicted molar refractivity (Wildman–Crippen MR) is 155 cm³/mol. The highest BCUT2D eigenvalue weighted by molar-refractivity contribution is 6.36. The molecule has 0 bridgehead atoms. The summed E-state index contributed by atoms with van der Waals surface area (Å²) in [5, 5.41) is 10.9. The number of para-hydroxylation sites is 2. The maximum Gasteiger partial charge on any atom is 0.230 e. The quantitative estimate of drug-likeness (QED) is 0.139. The molecule has 1 heterocycles. The van der Waals surface area contributed by atoms with E-state index in [4.69, 9.17) is 28.2 Å². The minimum atomic E-state index is -0.0283. The van der Waals surface area contributed by atoms with Crippen LogP contribution in [0.3, 0.4) is 0 Å². The molecule has 1 N–H and O–H groups in total. The first-order valence-electron chi connectivity index (χ1n) is 13.8. The monoisotopic (exact) mass is 529 g/mol. The first-order chi connectivity index (χ1) is 17.6. The van der Waals surface area contributed by atoms with Gasteiger partial charge in [0.15, 0.2) is 0 Å². The van der Waals surface area contributed by atoms with Crippen LogP contribution in [0.5, 0.6) is 5.75 Å². The maximum absolute atomic E-state index is 10.2. The van der Waals surface area contributed by atoms with Crippen molar-refractivity contribution >= 4 is 46.4 Å². The van der Waals surface area contributed by atoms with Crippen LogP contribution in [-0.4, -0.2) is 20.9 Å². The molecule has 0 fully saturated rings. The van der Waals surface area contributed by atoms with Gasteiger partial charge in [0, 0.05) is 23.3 Å². The van der Waals surface area contributed by atoms with Crippen molar-refractivity contribution in [1.82, 2.24) is 9.55 Å². The van der Waals surface area contributed by atoms with Crippen LogP contribution in [0.2, 0.25) is 10.0 Å². The van der Waals surface area contributed by atoms with E-state index in [1.54, 1.807) is 12.3 Å². The van der Waals surface area contributed by atoms with Crippen molar-refractivity contribution in [3.05, 3.63) is 52.0 Å². The van der Waals surface area contributed by atoms with Crippen molar-refractivity contribution in [2.45, 2.75) is 103 Å². The van der Waals surface area contributed by atoms with Crippen molar-refractivity contribution in [3.8, 4) is 5.75 Å². The highest BCUT2D eigenvalue weighted by atomic mass is 35.5. The van der Waals surface area contributed by atoms with Crippen molar-refractivity contribution < 1.29 is 5.11 Å². The van der Waals surface area contributed by atoms with Gasteiger partial charge >= 0.3 is 0 Å². The number of halogens is 2. The van der Waals surface area contributed by atoms with Crippen molar-refractivity contribution in [2.24, 2.45) is 4.99 Å². The number of hydrogen-bond donors (Lipinski definition) is 1. The van der Waals surface area contributed by atoms with Gasteiger partial charge in [0.2, 0.25) is 5.95 Å². The van der Waals surface area contributed by atoms with Gasteiger partial charge in [-0.15, -0.1) is 0 Å². The van der Waals surface area contributed by atoms with Gasteiger partial charge in [-0.3, -0.25) is 0 Å². The number of aliphatic imine (C=N–C) groups is 1. The summed E-state index contributed by atoms with van der Waals surface area (Å²) in [5.74, 6) is 0.598. The Bertz CT molecular complexity index is 1090. The molecule has 0 atom stereocenters. The van der Waals surface area contributed by atoms with Crippen LogP contribution in [0, 0.1) is 0 Å². The lowest BCUT2D eigenvalue weighted by atomic mass is 10.0. The molecule has 196 valence electrons. The summed E-state index contributed by atoms with van der Waals surface area (Å²) >= 11 is 12.1. The normalized spacial score (nSPS) is 11.8. The van der Waals surface area contributed by atoms with E-state index in [9.17, 15) is 5.11 Å². The molecule has 3 aromatic rings. The molecule has 0 radical (unpaired) electrons. The van der Waals surface area contributed by atoms with E-state index in [2.05, 4.69) is 22.5 Å². The Balaban J connectivity index is 1.43. The van der Waals surface area contributed by atoms with E-state index in [0.29, 0.717) is 16.5 Å². The van der Waals surface area contributed by atoms with Crippen LogP contribution < -0.4 is 0 Å². The third-order valence-corrected chi connectivity index (χ3v) is 7.25. The van der Waals surface area contributed by atoms with Crippen LogP contribution in [-0.2, 0) is 6.54 Å². The van der Waals surface area contributed by atoms with Crippen molar-refractivity contribution in [1.29, 1.82) is 0 Å². The second-order valence-corrected chi connectivity index (χ2v) is 10.6.